The number of carbonyl (C=O) groups is 1. The monoisotopic (exact) mass is 479 g/mol. The van der Waals surface area contributed by atoms with Crippen LogP contribution in [0, 0.1) is 5.92 Å². The Bertz CT molecular complexity index is 990. The number of unbranched alkanes of at least 4 members (excludes halogenated alkanes) is 6. The van der Waals surface area contributed by atoms with E-state index in [4.69, 9.17) is 9.47 Å². The Morgan fingerprint density at radius 1 is 1.26 bits per heavy atom. The van der Waals surface area contributed by atoms with Crippen LogP contribution in [0.5, 0.6) is 0 Å². The van der Waals surface area contributed by atoms with Crippen molar-refractivity contribution in [2.45, 2.75) is 90.3 Å². The van der Waals surface area contributed by atoms with Crippen molar-refractivity contribution in [2.24, 2.45) is 5.92 Å². The van der Waals surface area contributed by atoms with Crippen LogP contribution in [-0.2, 0) is 14.3 Å². The molecule has 2 aromatic rings. The van der Waals surface area contributed by atoms with Gasteiger partial charge < -0.3 is 19.7 Å². The molecule has 1 saturated heterocycles. The highest BCUT2D eigenvalue weighted by molar-refractivity contribution is 5.91. The lowest BCUT2D eigenvalue weighted by atomic mass is 10.1. The van der Waals surface area contributed by atoms with Gasteiger partial charge in [-0.2, -0.15) is 4.98 Å². The van der Waals surface area contributed by atoms with Crippen molar-refractivity contribution in [3.05, 3.63) is 16.7 Å². The smallest absolute Gasteiger partial charge is 0.280 e. The van der Waals surface area contributed by atoms with Gasteiger partial charge in [0.05, 0.1) is 12.9 Å². The molecule has 1 amide bonds. The van der Waals surface area contributed by atoms with Gasteiger partial charge in [-0.3, -0.25) is 24.5 Å². The van der Waals surface area contributed by atoms with Crippen LogP contribution in [0.3, 0.4) is 0 Å². The minimum atomic E-state index is -1.06. The third kappa shape index (κ3) is 6.21. The summed E-state index contributed by atoms with van der Waals surface area (Å²) in [5.41, 5.74) is -0.261. The van der Waals surface area contributed by atoms with E-state index in [0.717, 1.165) is 19.3 Å². The standard InChI is InChI=1S/C23H37N5O6/c1-4-5-6-7-8-9-10-11-33-18-17(30)15(12-29)34-22(18)28-13-24-16-19(28)25-23(27-21(16)32)26-20(31)14(2)3/h13-15,17-18,22,29-30H,4-12H2,1-3H3,(H2,25,26,27,31,32)/t15-,17?,18?,22-/m1/s1. The van der Waals surface area contributed by atoms with Crippen molar-refractivity contribution in [3.8, 4) is 0 Å². The number of aliphatic hydroxyl groups excluding tert-OH is 2. The van der Waals surface area contributed by atoms with Crippen LogP contribution in [0.15, 0.2) is 11.1 Å². The van der Waals surface area contributed by atoms with Crippen molar-refractivity contribution in [2.75, 3.05) is 18.5 Å². The molecule has 2 aromatic heterocycles. The number of anilines is 1. The number of aliphatic hydroxyl groups is 2. The molecule has 0 aliphatic carbocycles. The molecule has 34 heavy (non-hydrogen) atoms. The van der Waals surface area contributed by atoms with Gasteiger partial charge in [0, 0.05) is 12.5 Å². The largest absolute Gasteiger partial charge is 0.394 e. The first-order chi connectivity index (χ1) is 16.4. The Hall–Kier alpha value is -2.34. The predicted molar refractivity (Wildman–Crippen MR) is 126 cm³/mol. The maximum absolute atomic E-state index is 12.5. The van der Waals surface area contributed by atoms with Crippen molar-refractivity contribution < 1.29 is 24.5 Å². The first kappa shape index (κ1) is 26.3. The van der Waals surface area contributed by atoms with E-state index in [0.29, 0.717) is 6.61 Å². The molecule has 11 nitrogen and oxygen atoms in total. The molecule has 1 fully saturated rings. The zero-order valence-corrected chi connectivity index (χ0v) is 20.2. The summed E-state index contributed by atoms with van der Waals surface area (Å²) < 4.78 is 13.4. The number of carbonyl (C=O) groups excluding carboxylic acids is 1. The molecule has 1 aliphatic heterocycles. The normalized spacial score (nSPS) is 22.6. The Balaban J connectivity index is 1.74. The number of ether oxygens (including phenoxy) is 2. The Kier molecular flexibility index (Phi) is 9.57. The number of hydrogen-bond donors (Lipinski definition) is 4. The Morgan fingerprint density at radius 2 is 1.97 bits per heavy atom. The number of H-pyrrole nitrogens is 1. The molecule has 4 atom stereocenters. The Labute approximate surface area is 198 Å². The van der Waals surface area contributed by atoms with E-state index in [9.17, 15) is 19.8 Å². The van der Waals surface area contributed by atoms with Gasteiger partial charge in [-0.1, -0.05) is 59.3 Å². The molecular weight excluding hydrogens is 442 g/mol. The lowest BCUT2D eigenvalue weighted by Crippen LogP contribution is -2.35. The summed E-state index contributed by atoms with van der Waals surface area (Å²) in [5, 5.41) is 22.9. The number of fused-ring (bicyclic) bond motifs is 1. The second-order valence-corrected chi connectivity index (χ2v) is 9.08. The van der Waals surface area contributed by atoms with E-state index in [1.54, 1.807) is 13.8 Å². The summed E-state index contributed by atoms with van der Waals surface area (Å²) in [5.74, 6) is -0.595. The number of nitrogens with zero attached hydrogens (tertiary/aromatic N) is 3. The first-order valence-corrected chi connectivity index (χ1v) is 12.2. The highest BCUT2D eigenvalue weighted by Gasteiger charge is 2.45. The summed E-state index contributed by atoms with van der Waals surface area (Å²) in [6.45, 7) is 5.70. The van der Waals surface area contributed by atoms with E-state index in [1.807, 2.05) is 0 Å². The molecule has 2 unspecified atom stereocenters. The fraction of sp³-hybridized carbons (Fsp3) is 0.739. The summed E-state index contributed by atoms with van der Waals surface area (Å²) in [4.78, 5) is 35.6. The molecule has 3 heterocycles. The van der Waals surface area contributed by atoms with Gasteiger partial charge >= 0.3 is 0 Å². The minimum absolute atomic E-state index is 0.00394. The molecule has 0 spiro atoms. The zero-order valence-electron chi connectivity index (χ0n) is 20.2. The Morgan fingerprint density at radius 3 is 2.65 bits per heavy atom. The van der Waals surface area contributed by atoms with Crippen LogP contribution in [0.2, 0.25) is 0 Å². The molecule has 3 rings (SSSR count). The van der Waals surface area contributed by atoms with E-state index < -0.39 is 30.1 Å². The average Bonchev–Trinajstić information content (AvgIpc) is 3.36. The number of nitrogens with one attached hydrogen (secondary N) is 2. The van der Waals surface area contributed by atoms with E-state index in [-0.39, 0.29) is 35.5 Å². The molecule has 0 bridgehead atoms. The van der Waals surface area contributed by atoms with Gasteiger partial charge in [-0.25, -0.2) is 4.98 Å². The lowest BCUT2D eigenvalue weighted by molar-refractivity contribution is -0.118. The predicted octanol–water partition coefficient (Wildman–Crippen LogP) is 2.10. The quantitative estimate of drug-likeness (QED) is 0.319. The van der Waals surface area contributed by atoms with Crippen molar-refractivity contribution in [1.82, 2.24) is 19.5 Å². The van der Waals surface area contributed by atoms with Crippen LogP contribution in [0.25, 0.3) is 11.2 Å². The number of aromatic amines is 1. The molecule has 190 valence electrons. The van der Waals surface area contributed by atoms with E-state index in [1.165, 1.54) is 36.6 Å². The molecule has 0 saturated carbocycles. The molecular formula is C23H37N5O6. The summed E-state index contributed by atoms with van der Waals surface area (Å²) >= 11 is 0. The SMILES string of the molecule is CCCCCCCCCOC1C(O)[C@@H](CO)O[C@H]1n1cnc2c(=O)[nH]c(NC(=O)C(C)C)nc21. The average molecular weight is 480 g/mol. The maximum atomic E-state index is 12.5. The van der Waals surface area contributed by atoms with Crippen LogP contribution < -0.4 is 10.9 Å². The summed E-state index contributed by atoms with van der Waals surface area (Å²) in [7, 11) is 0. The molecule has 4 N–H and O–H groups in total. The highest BCUT2D eigenvalue weighted by atomic mass is 16.6. The number of amides is 1. The van der Waals surface area contributed by atoms with Crippen LogP contribution >= 0.6 is 0 Å². The fourth-order valence-electron chi connectivity index (χ4n) is 3.98. The second kappa shape index (κ2) is 12.4. The number of rotatable bonds is 13. The molecule has 0 radical (unpaired) electrons. The topological polar surface area (TPSA) is 152 Å². The van der Waals surface area contributed by atoms with Gasteiger partial charge in [0.2, 0.25) is 11.9 Å². The lowest BCUT2D eigenvalue weighted by Gasteiger charge is -2.22. The van der Waals surface area contributed by atoms with Gasteiger partial charge in [0.1, 0.15) is 18.3 Å². The van der Waals surface area contributed by atoms with Gasteiger partial charge in [-0.05, 0) is 6.42 Å². The van der Waals surface area contributed by atoms with Crippen LogP contribution in [0.1, 0.15) is 71.9 Å². The number of aromatic nitrogens is 4. The maximum Gasteiger partial charge on any atom is 0.280 e. The third-order valence-electron chi connectivity index (χ3n) is 6.02. The molecule has 1 aliphatic rings. The minimum Gasteiger partial charge on any atom is -0.394 e. The fourth-order valence-corrected chi connectivity index (χ4v) is 3.98. The van der Waals surface area contributed by atoms with Gasteiger partial charge in [0.25, 0.3) is 5.56 Å². The zero-order chi connectivity index (χ0) is 24.7. The van der Waals surface area contributed by atoms with Crippen molar-refractivity contribution >= 4 is 23.0 Å². The van der Waals surface area contributed by atoms with Gasteiger partial charge in [-0.15, -0.1) is 0 Å². The molecule has 11 heteroatoms. The number of hydrogen-bond acceptors (Lipinski definition) is 8. The van der Waals surface area contributed by atoms with Crippen molar-refractivity contribution in [1.29, 1.82) is 0 Å². The highest BCUT2D eigenvalue weighted by Crippen LogP contribution is 2.33. The number of imidazole rings is 1. The van der Waals surface area contributed by atoms with E-state index in [2.05, 4.69) is 27.2 Å². The summed E-state index contributed by atoms with van der Waals surface area (Å²) in [6.07, 6.45) is 5.81. The second-order valence-electron chi connectivity index (χ2n) is 9.08. The van der Waals surface area contributed by atoms with Crippen molar-refractivity contribution in [3.63, 3.8) is 0 Å². The summed E-state index contributed by atoms with van der Waals surface area (Å²) in [6, 6.07) is 0. The van der Waals surface area contributed by atoms with Crippen LogP contribution in [0.4, 0.5) is 5.95 Å². The van der Waals surface area contributed by atoms with Gasteiger partial charge in [0.15, 0.2) is 17.4 Å². The third-order valence-corrected chi connectivity index (χ3v) is 6.02. The molecule has 0 aromatic carbocycles. The first-order valence-electron chi connectivity index (χ1n) is 12.2. The van der Waals surface area contributed by atoms with Crippen LogP contribution in [-0.4, -0.2) is 67.2 Å². The van der Waals surface area contributed by atoms with E-state index >= 15 is 0 Å².